The molecule has 6 rings (SSSR count). The van der Waals surface area contributed by atoms with Gasteiger partial charge in [0, 0.05) is 11.3 Å². The third-order valence-corrected chi connectivity index (χ3v) is 9.71. The third kappa shape index (κ3) is 6.03. The minimum absolute atomic E-state index is 0.0698. The Morgan fingerprint density at radius 2 is 1.70 bits per heavy atom. The number of aromatic nitrogens is 2. The molecule has 1 fully saturated rings. The van der Waals surface area contributed by atoms with E-state index in [1.807, 2.05) is 25.1 Å². The summed E-state index contributed by atoms with van der Waals surface area (Å²) in [7, 11) is 2.99. The van der Waals surface area contributed by atoms with Crippen LogP contribution in [0.15, 0.2) is 94.8 Å². The van der Waals surface area contributed by atoms with Crippen molar-refractivity contribution in [2.24, 2.45) is 0 Å². The number of fused-ring (bicyclic) bond motifs is 1. The van der Waals surface area contributed by atoms with E-state index in [0.29, 0.717) is 45.1 Å². The van der Waals surface area contributed by atoms with Crippen LogP contribution >= 0.6 is 23.1 Å². The summed E-state index contributed by atoms with van der Waals surface area (Å²) in [6, 6.07) is 25.4. The van der Waals surface area contributed by atoms with Gasteiger partial charge in [-0.25, -0.2) is 0 Å². The molecule has 11 heteroatoms. The number of aliphatic hydroxyl groups is 1. The molecule has 1 atom stereocenters. The van der Waals surface area contributed by atoms with Gasteiger partial charge in [-0.05, 0) is 58.7 Å². The highest BCUT2D eigenvalue weighted by Crippen LogP contribution is 2.45. The van der Waals surface area contributed by atoms with Crippen molar-refractivity contribution in [3.05, 3.63) is 107 Å². The maximum atomic E-state index is 13.7. The number of hydrogen-bond donors (Lipinski definition) is 1. The van der Waals surface area contributed by atoms with E-state index >= 15 is 0 Å². The number of aliphatic hydroxyl groups excluding tert-OH is 1. The van der Waals surface area contributed by atoms with Gasteiger partial charge in [-0.3, -0.25) is 14.5 Å². The van der Waals surface area contributed by atoms with Gasteiger partial charge in [0.05, 0.1) is 32.4 Å². The van der Waals surface area contributed by atoms with E-state index in [2.05, 4.69) is 34.5 Å². The molecule has 0 spiro atoms. The lowest BCUT2D eigenvalue weighted by Gasteiger charge is -2.23. The van der Waals surface area contributed by atoms with Crippen molar-refractivity contribution < 1.29 is 28.9 Å². The van der Waals surface area contributed by atoms with E-state index in [4.69, 9.17) is 14.2 Å². The average Bonchev–Trinajstić information content (AvgIpc) is 3.67. The predicted octanol–water partition coefficient (Wildman–Crippen LogP) is 7.42. The molecule has 1 saturated heterocycles. The van der Waals surface area contributed by atoms with Crippen molar-refractivity contribution in [2.75, 3.05) is 25.7 Å². The van der Waals surface area contributed by atoms with Crippen molar-refractivity contribution in [3.63, 3.8) is 0 Å². The van der Waals surface area contributed by atoms with Crippen LogP contribution in [0.4, 0.5) is 5.13 Å². The summed E-state index contributed by atoms with van der Waals surface area (Å²) in [4.78, 5) is 28.7. The minimum Gasteiger partial charge on any atom is -0.507 e. The van der Waals surface area contributed by atoms with E-state index in [-0.39, 0.29) is 16.5 Å². The SMILES string of the molecule is CCCOc1ccc([C@H]2C(=C(O)c3ccc(OC)c(OC)c3)C(=O)C(=O)N2c2nnc(SCc3cccc4ccccc34)s2)cc1. The Balaban J connectivity index is 1.37. The Morgan fingerprint density at radius 1 is 0.935 bits per heavy atom. The number of thioether (sulfide) groups is 1. The quantitative estimate of drug-likeness (QED) is 0.0512. The molecule has 4 aromatic carbocycles. The number of anilines is 1. The maximum absolute atomic E-state index is 13.7. The van der Waals surface area contributed by atoms with Gasteiger partial charge in [-0.15, -0.1) is 10.2 Å². The van der Waals surface area contributed by atoms with E-state index in [0.717, 1.165) is 22.8 Å². The predicted molar refractivity (Wildman–Crippen MR) is 180 cm³/mol. The van der Waals surface area contributed by atoms with Gasteiger partial charge in [-0.2, -0.15) is 0 Å². The van der Waals surface area contributed by atoms with Gasteiger partial charge in [0.1, 0.15) is 11.5 Å². The molecule has 0 saturated carbocycles. The Hall–Kier alpha value is -4.87. The number of rotatable bonds is 11. The zero-order valence-electron chi connectivity index (χ0n) is 25.4. The molecule has 1 aliphatic heterocycles. The largest absolute Gasteiger partial charge is 0.507 e. The zero-order valence-corrected chi connectivity index (χ0v) is 27.1. The normalized spacial score (nSPS) is 15.8. The number of hydrogen-bond acceptors (Lipinski definition) is 10. The van der Waals surface area contributed by atoms with E-state index < -0.39 is 17.7 Å². The van der Waals surface area contributed by atoms with Crippen LogP contribution in [0, 0.1) is 0 Å². The van der Waals surface area contributed by atoms with Crippen LogP contribution in [0.2, 0.25) is 0 Å². The van der Waals surface area contributed by atoms with Crippen LogP contribution in [0.3, 0.4) is 0 Å². The summed E-state index contributed by atoms with van der Waals surface area (Å²) >= 11 is 2.73. The van der Waals surface area contributed by atoms with Gasteiger partial charge in [-0.1, -0.05) is 84.6 Å². The highest BCUT2D eigenvalue weighted by molar-refractivity contribution is 8.00. The maximum Gasteiger partial charge on any atom is 0.301 e. The standard InChI is InChI=1S/C35H31N3O6S2/c1-4-18-44-25-15-12-22(13-16-25)30-29(31(39)23-14-17-27(42-2)28(19-23)43-3)32(40)33(41)38(30)34-36-37-35(46-34)45-20-24-10-7-9-21-8-5-6-11-26(21)24/h5-17,19,30,39H,4,18,20H2,1-3H3/t30-/m0/s1. The van der Waals surface area contributed by atoms with Crippen molar-refractivity contribution in [1.29, 1.82) is 0 Å². The van der Waals surface area contributed by atoms with Crippen LogP contribution in [-0.4, -0.2) is 47.8 Å². The molecule has 9 nitrogen and oxygen atoms in total. The van der Waals surface area contributed by atoms with Crippen molar-refractivity contribution in [2.45, 2.75) is 29.5 Å². The highest BCUT2D eigenvalue weighted by atomic mass is 32.2. The van der Waals surface area contributed by atoms with Gasteiger partial charge >= 0.3 is 5.91 Å². The monoisotopic (exact) mass is 653 g/mol. The molecule has 0 bridgehead atoms. The van der Waals surface area contributed by atoms with Gasteiger partial charge in [0.15, 0.2) is 15.8 Å². The van der Waals surface area contributed by atoms with E-state index in [9.17, 15) is 14.7 Å². The van der Waals surface area contributed by atoms with Gasteiger partial charge < -0.3 is 19.3 Å². The summed E-state index contributed by atoms with van der Waals surface area (Å²) in [6.45, 7) is 2.58. The fraction of sp³-hybridized carbons (Fsp3) is 0.200. The smallest absolute Gasteiger partial charge is 0.301 e. The minimum atomic E-state index is -0.961. The summed E-state index contributed by atoms with van der Waals surface area (Å²) in [6.07, 6.45) is 0.852. The second-order valence-electron chi connectivity index (χ2n) is 10.4. The Bertz CT molecular complexity index is 1930. The molecule has 0 radical (unpaired) electrons. The molecule has 5 aromatic rings. The fourth-order valence-corrected chi connectivity index (χ4v) is 7.24. The molecule has 1 aliphatic rings. The second kappa shape index (κ2) is 13.6. The average molecular weight is 654 g/mol. The number of amides is 1. The van der Waals surface area contributed by atoms with Crippen LogP contribution in [0.5, 0.6) is 17.2 Å². The van der Waals surface area contributed by atoms with Crippen LogP contribution in [-0.2, 0) is 15.3 Å². The number of benzene rings is 4. The summed E-state index contributed by atoms with van der Waals surface area (Å²) in [5.74, 6) is 0.159. The number of ether oxygens (including phenoxy) is 3. The van der Waals surface area contributed by atoms with E-state index in [1.165, 1.54) is 42.2 Å². The Morgan fingerprint density at radius 3 is 2.46 bits per heavy atom. The number of Topliss-reactive ketones (excluding diaryl/α,β-unsaturated/α-hetero) is 1. The highest BCUT2D eigenvalue weighted by Gasteiger charge is 2.48. The van der Waals surface area contributed by atoms with Crippen molar-refractivity contribution in [1.82, 2.24) is 10.2 Å². The van der Waals surface area contributed by atoms with Crippen molar-refractivity contribution >= 4 is 56.5 Å². The first-order chi connectivity index (χ1) is 22.4. The zero-order chi connectivity index (χ0) is 32.2. The van der Waals surface area contributed by atoms with E-state index in [1.54, 1.807) is 42.5 Å². The second-order valence-corrected chi connectivity index (χ2v) is 12.6. The number of nitrogens with zero attached hydrogens (tertiary/aromatic N) is 3. The molecule has 0 unspecified atom stereocenters. The lowest BCUT2D eigenvalue weighted by atomic mass is 9.95. The number of carbonyl (C=O) groups is 2. The fourth-order valence-electron chi connectivity index (χ4n) is 5.37. The molecular formula is C35H31N3O6S2. The van der Waals surface area contributed by atoms with Crippen LogP contribution < -0.4 is 19.1 Å². The van der Waals surface area contributed by atoms with Crippen LogP contribution in [0.25, 0.3) is 16.5 Å². The summed E-state index contributed by atoms with van der Waals surface area (Å²) < 4.78 is 17.1. The van der Waals surface area contributed by atoms with Crippen molar-refractivity contribution in [3.8, 4) is 17.2 Å². The lowest BCUT2D eigenvalue weighted by molar-refractivity contribution is -0.132. The first-order valence-corrected chi connectivity index (χ1v) is 16.4. The van der Waals surface area contributed by atoms with Gasteiger partial charge in [0.2, 0.25) is 5.13 Å². The topological polar surface area (TPSA) is 111 Å². The third-order valence-electron chi connectivity index (χ3n) is 7.60. The Labute approximate surface area is 274 Å². The first kappa shape index (κ1) is 31.1. The molecule has 0 aliphatic carbocycles. The molecule has 46 heavy (non-hydrogen) atoms. The summed E-state index contributed by atoms with van der Waals surface area (Å²) in [5, 5.41) is 22.9. The Kier molecular flexibility index (Phi) is 9.23. The number of methoxy groups -OCH3 is 2. The number of ketones is 1. The molecule has 1 N–H and O–H groups in total. The lowest BCUT2D eigenvalue weighted by Crippen LogP contribution is -2.29. The number of carbonyl (C=O) groups excluding carboxylic acids is 2. The van der Waals surface area contributed by atoms with Crippen LogP contribution in [0.1, 0.15) is 36.1 Å². The molecule has 1 aromatic heterocycles. The first-order valence-electron chi connectivity index (χ1n) is 14.6. The molecular weight excluding hydrogens is 623 g/mol. The molecule has 234 valence electrons. The van der Waals surface area contributed by atoms with Gasteiger partial charge in [0.25, 0.3) is 5.78 Å². The summed E-state index contributed by atoms with van der Waals surface area (Å²) in [5.41, 5.74) is 1.98. The molecule has 1 amide bonds. The molecule has 2 heterocycles.